The van der Waals surface area contributed by atoms with Crippen molar-refractivity contribution in [1.29, 1.82) is 0 Å². The van der Waals surface area contributed by atoms with Crippen LogP contribution in [0.3, 0.4) is 0 Å². The third-order valence-electron chi connectivity index (χ3n) is 4.88. The number of allylic oxidation sites excluding steroid dienone is 4. The number of hydrogen-bond acceptors (Lipinski definition) is 0. The van der Waals surface area contributed by atoms with Gasteiger partial charge in [0.2, 0.25) is 0 Å². The first-order valence-corrected chi connectivity index (χ1v) is 11.3. The molecule has 114 valence electrons. The Kier molecular flexibility index (Phi) is 4.93. The lowest BCUT2D eigenvalue weighted by Crippen LogP contribution is -2.47. The molecule has 0 atom stereocenters. The summed E-state index contributed by atoms with van der Waals surface area (Å²) in [6, 6.07) is 4.73. The lowest BCUT2D eigenvalue weighted by Gasteiger charge is -2.30. The smallest absolute Gasteiger partial charge is 0.0806 e. The highest BCUT2D eigenvalue weighted by Gasteiger charge is 2.33. The second kappa shape index (κ2) is 6.35. The SMILES string of the molecule is CCCCC1=C([Si](C)(C)c2c(C)cc(C)cc2C)CC=C1. The number of aryl methyl sites for hydroxylation is 3. The first-order valence-electron chi connectivity index (χ1n) is 8.35. The molecule has 1 aliphatic rings. The van der Waals surface area contributed by atoms with Gasteiger partial charge in [-0.05, 0) is 45.2 Å². The van der Waals surface area contributed by atoms with Gasteiger partial charge in [-0.3, -0.25) is 0 Å². The molecule has 0 amide bonds. The van der Waals surface area contributed by atoms with E-state index in [-0.39, 0.29) is 0 Å². The highest BCUT2D eigenvalue weighted by Crippen LogP contribution is 2.32. The van der Waals surface area contributed by atoms with E-state index in [0.29, 0.717) is 0 Å². The maximum absolute atomic E-state index is 2.55. The Balaban J connectivity index is 2.47. The largest absolute Gasteiger partial charge is 0.109 e. The van der Waals surface area contributed by atoms with Crippen molar-refractivity contribution in [3.8, 4) is 0 Å². The molecule has 1 aromatic rings. The molecule has 2 rings (SSSR count). The van der Waals surface area contributed by atoms with Crippen LogP contribution in [0, 0.1) is 20.8 Å². The molecule has 0 spiro atoms. The standard InChI is InChI=1S/C20H30Si/c1-7-8-10-18-11-9-12-19(18)21(5,6)20-16(3)13-15(2)14-17(20)4/h9,11,13-14H,7-8,10,12H2,1-6H3. The minimum atomic E-state index is -1.55. The van der Waals surface area contributed by atoms with Gasteiger partial charge >= 0.3 is 0 Å². The summed E-state index contributed by atoms with van der Waals surface area (Å²) in [7, 11) is -1.55. The summed E-state index contributed by atoms with van der Waals surface area (Å²) in [5, 5.41) is 3.44. The van der Waals surface area contributed by atoms with Crippen LogP contribution in [0.25, 0.3) is 0 Å². The van der Waals surface area contributed by atoms with Gasteiger partial charge in [0.05, 0.1) is 0 Å². The zero-order chi connectivity index (χ0) is 15.6. The molecular weight excluding hydrogens is 268 g/mol. The number of rotatable bonds is 5. The first kappa shape index (κ1) is 16.3. The maximum atomic E-state index is 2.55. The van der Waals surface area contributed by atoms with Crippen molar-refractivity contribution in [2.24, 2.45) is 0 Å². The van der Waals surface area contributed by atoms with Gasteiger partial charge in [0.15, 0.2) is 0 Å². The van der Waals surface area contributed by atoms with E-state index >= 15 is 0 Å². The van der Waals surface area contributed by atoms with Crippen molar-refractivity contribution in [2.75, 3.05) is 0 Å². The van der Waals surface area contributed by atoms with E-state index in [4.69, 9.17) is 0 Å². The van der Waals surface area contributed by atoms with Crippen LogP contribution < -0.4 is 5.19 Å². The van der Waals surface area contributed by atoms with Crippen LogP contribution in [0.2, 0.25) is 13.1 Å². The molecule has 0 saturated carbocycles. The predicted octanol–water partition coefficient (Wildman–Crippen LogP) is 5.51. The molecule has 0 saturated heterocycles. The molecule has 0 radical (unpaired) electrons. The molecular formula is C20H30Si. The molecule has 1 aliphatic carbocycles. The lowest BCUT2D eigenvalue weighted by molar-refractivity contribution is 0.797. The summed E-state index contributed by atoms with van der Waals surface area (Å²) >= 11 is 0. The van der Waals surface area contributed by atoms with Crippen molar-refractivity contribution in [3.63, 3.8) is 0 Å². The van der Waals surface area contributed by atoms with Crippen LogP contribution in [0.15, 0.2) is 35.1 Å². The molecule has 0 aromatic heterocycles. The van der Waals surface area contributed by atoms with Gasteiger partial charge in [-0.1, -0.05) is 78.2 Å². The third kappa shape index (κ3) is 3.23. The van der Waals surface area contributed by atoms with Gasteiger partial charge in [0.1, 0.15) is 8.07 Å². The van der Waals surface area contributed by atoms with E-state index in [0.717, 1.165) is 0 Å². The van der Waals surface area contributed by atoms with E-state index in [1.165, 1.54) is 42.4 Å². The minimum Gasteiger partial charge on any atom is -0.0806 e. The third-order valence-corrected chi connectivity index (χ3v) is 8.96. The summed E-state index contributed by atoms with van der Waals surface area (Å²) < 4.78 is 0. The molecule has 0 N–H and O–H groups in total. The summed E-state index contributed by atoms with van der Waals surface area (Å²) in [4.78, 5) is 0. The highest BCUT2D eigenvalue weighted by molar-refractivity contribution is 6.96. The Labute approximate surface area is 132 Å². The van der Waals surface area contributed by atoms with Gasteiger partial charge in [-0.15, -0.1) is 0 Å². The molecule has 1 heteroatoms. The Morgan fingerprint density at radius 2 is 1.67 bits per heavy atom. The van der Waals surface area contributed by atoms with E-state index in [2.05, 4.69) is 65.1 Å². The van der Waals surface area contributed by atoms with Gasteiger partial charge in [0.25, 0.3) is 0 Å². The zero-order valence-electron chi connectivity index (χ0n) is 14.6. The normalized spacial score (nSPS) is 15.1. The quantitative estimate of drug-likeness (QED) is 0.628. The van der Waals surface area contributed by atoms with Crippen LogP contribution in [-0.2, 0) is 0 Å². The topological polar surface area (TPSA) is 0 Å². The summed E-state index contributed by atoms with van der Waals surface area (Å²) in [6.07, 6.45) is 9.84. The van der Waals surface area contributed by atoms with Crippen LogP contribution in [0.4, 0.5) is 0 Å². The average Bonchev–Trinajstić information content (AvgIpc) is 2.83. The average molecular weight is 299 g/mol. The van der Waals surface area contributed by atoms with Crippen LogP contribution >= 0.6 is 0 Å². The van der Waals surface area contributed by atoms with Crippen LogP contribution in [0.1, 0.15) is 49.3 Å². The fraction of sp³-hybridized carbons (Fsp3) is 0.500. The molecule has 0 nitrogen and oxygen atoms in total. The lowest BCUT2D eigenvalue weighted by atomic mass is 10.1. The second-order valence-electron chi connectivity index (χ2n) is 7.11. The highest BCUT2D eigenvalue weighted by atomic mass is 28.3. The van der Waals surface area contributed by atoms with E-state index in [1.807, 2.05) is 0 Å². The zero-order valence-corrected chi connectivity index (χ0v) is 15.6. The van der Waals surface area contributed by atoms with Crippen molar-refractivity contribution < 1.29 is 0 Å². The van der Waals surface area contributed by atoms with Gasteiger partial charge in [-0.25, -0.2) is 0 Å². The molecule has 0 aliphatic heterocycles. The summed E-state index contributed by atoms with van der Waals surface area (Å²) in [6.45, 7) is 14.2. The summed E-state index contributed by atoms with van der Waals surface area (Å²) in [5.41, 5.74) is 6.04. The first-order chi connectivity index (χ1) is 9.87. The number of benzene rings is 1. The predicted molar refractivity (Wildman–Crippen MR) is 98.1 cm³/mol. The fourth-order valence-electron chi connectivity index (χ4n) is 4.13. The molecule has 0 unspecified atom stereocenters. The van der Waals surface area contributed by atoms with Crippen LogP contribution in [0.5, 0.6) is 0 Å². The van der Waals surface area contributed by atoms with E-state index in [1.54, 1.807) is 16.0 Å². The Hall–Kier alpha value is -1.08. The van der Waals surface area contributed by atoms with Crippen LogP contribution in [-0.4, -0.2) is 8.07 Å². The second-order valence-corrected chi connectivity index (χ2v) is 11.5. The molecule has 0 fully saturated rings. The molecule has 1 aromatic carbocycles. The maximum Gasteiger partial charge on any atom is 0.109 e. The Bertz CT molecular complexity index is 565. The van der Waals surface area contributed by atoms with Gasteiger partial charge < -0.3 is 0 Å². The Morgan fingerprint density at radius 1 is 1.05 bits per heavy atom. The molecule has 21 heavy (non-hydrogen) atoms. The van der Waals surface area contributed by atoms with Crippen molar-refractivity contribution in [3.05, 3.63) is 51.7 Å². The van der Waals surface area contributed by atoms with Gasteiger partial charge in [0, 0.05) is 0 Å². The van der Waals surface area contributed by atoms with Crippen molar-refractivity contribution in [2.45, 2.75) is 66.5 Å². The van der Waals surface area contributed by atoms with E-state index < -0.39 is 8.07 Å². The molecule has 0 bridgehead atoms. The monoisotopic (exact) mass is 298 g/mol. The van der Waals surface area contributed by atoms with E-state index in [9.17, 15) is 0 Å². The van der Waals surface area contributed by atoms with Gasteiger partial charge in [-0.2, -0.15) is 0 Å². The fourth-order valence-corrected chi connectivity index (χ4v) is 8.18. The Morgan fingerprint density at radius 3 is 2.24 bits per heavy atom. The van der Waals surface area contributed by atoms with Crippen molar-refractivity contribution >= 4 is 13.3 Å². The molecule has 0 heterocycles. The number of hydrogen-bond donors (Lipinski definition) is 0. The minimum absolute atomic E-state index is 1.19. The van der Waals surface area contributed by atoms with Crippen molar-refractivity contribution in [1.82, 2.24) is 0 Å². The summed E-state index contributed by atoms with van der Waals surface area (Å²) in [5.74, 6) is 0. The number of unbranched alkanes of at least 4 members (excludes halogenated alkanes) is 1.